The van der Waals surface area contributed by atoms with Gasteiger partial charge in [-0.05, 0) is 30.7 Å². The Bertz CT molecular complexity index is 351. The molecule has 0 aliphatic rings. The van der Waals surface area contributed by atoms with Gasteiger partial charge in [0.05, 0.1) is 13.2 Å². The van der Waals surface area contributed by atoms with Gasteiger partial charge in [-0.2, -0.15) is 0 Å². The molecule has 0 saturated heterocycles. The van der Waals surface area contributed by atoms with Crippen LogP contribution in [0, 0.1) is 0 Å². The zero-order chi connectivity index (χ0) is 13.2. The Morgan fingerprint density at radius 2 is 1.94 bits per heavy atom. The van der Waals surface area contributed by atoms with Crippen molar-refractivity contribution >= 4 is 5.91 Å². The van der Waals surface area contributed by atoms with Gasteiger partial charge < -0.3 is 19.9 Å². The molecule has 0 bridgehead atoms. The van der Waals surface area contributed by atoms with Crippen LogP contribution in [0.25, 0.3) is 0 Å². The third kappa shape index (κ3) is 5.65. The van der Waals surface area contributed by atoms with Gasteiger partial charge >= 0.3 is 0 Å². The minimum atomic E-state index is -0.146. The highest BCUT2D eigenvalue weighted by Gasteiger charge is 2.03. The third-order valence-corrected chi connectivity index (χ3v) is 2.31. The van der Waals surface area contributed by atoms with Gasteiger partial charge in [0, 0.05) is 25.8 Å². The zero-order valence-corrected chi connectivity index (χ0v) is 10.5. The average Bonchev–Trinajstić information content (AvgIpc) is 2.38. The number of hydrogen-bond acceptors (Lipinski definition) is 4. The molecule has 0 aliphatic carbocycles. The number of carbonyl (C=O) groups is 1. The standard InChI is InChI=1S/C13H19NO4/c1-17-9-10-18-8-2-7-14-13(16)11-3-5-12(15)6-4-11/h3-6,15H,2,7-10H2,1H3,(H,14,16). The first kappa shape index (κ1) is 14.5. The second-order valence-corrected chi connectivity index (χ2v) is 3.76. The molecule has 0 fully saturated rings. The molecule has 0 atom stereocenters. The Morgan fingerprint density at radius 1 is 1.22 bits per heavy atom. The van der Waals surface area contributed by atoms with Crippen molar-refractivity contribution in [1.82, 2.24) is 5.32 Å². The molecule has 0 aliphatic heterocycles. The lowest BCUT2D eigenvalue weighted by molar-refractivity contribution is 0.0688. The summed E-state index contributed by atoms with van der Waals surface area (Å²) in [6.07, 6.45) is 0.757. The van der Waals surface area contributed by atoms with Gasteiger partial charge in [0.1, 0.15) is 5.75 Å². The van der Waals surface area contributed by atoms with Crippen LogP contribution in [0.2, 0.25) is 0 Å². The van der Waals surface area contributed by atoms with E-state index in [1.54, 1.807) is 19.2 Å². The number of benzene rings is 1. The fraction of sp³-hybridized carbons (Fsp3) is 0.462. The first-order valence-corrected chi connectivity index (χ1v) is 5.88. The Labute approximate surface area is 107 Å². The second kappa shape index (κ2) is 8.49. The van der Waals surface area contributed by atoms with E-state index in [-0.39, 0.29) is 11.7 Å². The molecule has 1 rings (SSSR count). The molecular weight excluding hydrogens is 234 g/mol. The van der Waals surface area contributed by atoms with Crippen molar-refractivity contribution in [1.29, 1.82) is 0 Å². The molecule has 0 unspecified atom stereocenters. The predicted molar refractivity (Wildman–Crippen MR) is 67.8 cm³/mol. The van der Waals surface area contributed by atoms with Crippen molar-refractivity contribution < 1.29 is 19.4 Å². The van der Waals surface area contributed by atoms with E-state index in [4.69, 9.17) is 14.6 Å². The molecule has 0 aromatic heterocycles. The molecule has 1 aromatic carbocycles. The van der Waals surface area contributed by atoms with Gasteiger partial charge in [-0.3, -0.25) is 4.79 Å². The SMILES string of the molecule is COCCOCCCNC(=O)c1ccc(O)cc1. The molecule has 0 heterocycles. The van der Waals surface area contributed by atoms with Crippen molar-refractivity contribution in [2.24, 2.45) is 0 Å². The van der Waals surface area contributed by atoms with E-state index in [0.717, 1.165) is 6.42 Å². The van der Waals surface area contributed by atoms with E-state index in [2.05, 4.69) is 5.32 Å². The molecule has 5 nitrogen and oxygen atoms in total. The number of ether oxygens (including phenoxy) is 2. The smallest absolute Gasteiger partial charge is 0.251 e. The summed E-state index contributed by atoms with van der Waals surface area (Å²) < 4.78 is 10.1. The zero-order valence-electron chi connectivity index (χ0n) is 10.5. The first-order chi connectivity index (χ1) is 8.74. The van der Waals surface area contributed by atoms with Crippen molar-refractivity contribution in [3.05, 3.63) is 29.8 Å². The van der Waals surface area contributed by atoms with Crippen molar-refractivity contribution in [2.45, 2.75) is 6.42 Å². The molecule has 1 amide bonds. The number of hydrogen-bond donors (Lipinski definition) is 2. The fourth-order valence-electron chi connectivity index (χ4n) is 1.34. The summed E-state index contributed by atoms with van der Waals surface area (Å²) in [6, 6.07) is 6.14. The summed E-state index contributed by atoms with van der Waals surface area (Å²) >= 11 is 0. The van der Waals surface area contributed by atoms with Gasteiger partial charge in [-0.15, -0.1) is 0 Å². The summed E-state index contributed by atoms with van der Waals surface area (Å²) in [5.74, 6) is 0.00462. The average molecular weight is 253 g/mol. The molecule has 18 heavy (non-hydrogen) atoms. The van der Waals surface area contributed by atoms with E-state index >= 15 is 0 Å². The van der Waals surface area contributed by atoms with Gasteiger partial charge in [0.25, 0.3) is 5.91 Å². The maximum atomic E-state index is 11.6. The Hall–Kier alpha value is -1.59. The van der Waals surface area contributed by atoms with Crippen molar-refractivity contribution in [3.8, 4) is 5.75 Å². The Balaban J connectivity index is 2.12. The minimum absolute atomic E-state index is 0.146. The highest BCUT2D eigenvalue weighted by atomic mass is 16.5. The summed E-state index contributed by atoms with van der Waals surface area (Å²) in [5, 5.41) is 11.9. The molecular formula is C13H19NO4. The molecule has 100 valence electrons. The highest BCUT2D eigenvalue weighted by molar-refractivity contribution is 5.94. The highest BCUT2D eigenvalue weighted by Crippen LogP contribution is 2.09. The monoisotopic (exact) mass is 253 g/mol. The number of carbonyl (C=O) groups excluding carboxylic acids is 1. The number of phenolic OH excluding ortho intramolecular Hbond substituents is 1. The van der Waals surface area contributed by atoms with Crippen LogP contribution in [0.3, 0.4) is 0 Å². The van der Waals surface area contributed by atoms with Crippen LogP contribution in [0.15, 0.2) is 24.3 Å². The lowest BCUT2D eigenvalue weighted by Crippen LogP contribution is -2.25. The number of rotatable bonds is 8. The van der Waals surface area contributed by atoms with Crippen LogP contribution in [0.5, 0.6) is 5.75 Å². The molecule has 2 N–H and O–H groups in total. The van der Waals surface area contributed by atoms with E-state index in [9.17, 15) is 4.79 Å². The Morgan fingerprint density at radius 3 is 2.61 bits per heavy atom. The van der Waals surface area contributed by atoms with Crippen LogP contribution >= 0.6 is 0 Å². The molecule has 0 saturated carbocycles. The van der Waals surface area contributed by atoms with E-state index in [1.165, 1.54) is 12.1 Å². The van der Waals surface area contributed by atoms with Crippen molar-refractivity contribution in [2.75, 3.05) is 33.5 Å². The summed E-state index contributed by atoms with van der Waals surface area (Å²) in [4.78, 5) is 11.6. The van der Waals surface area contributed by atoms with Gasteiger partial charge in [-0.25, -0.2) is 0 Å². The molecule has 0 spiro atoms. The lowest BCUT2D eigenvalue weighted by Gasteiger charge is -2.06. The summed E-state index contributed by atoms with van der Waals surface area (Å²) in [6.45, 7) is 2.31. The van der Waals surface area contributed by atoms with Gasteiger partial charge in [0.15, 0.2) is 0 Å². The topological polar surface area (TPSA) is 67.8 Å². The third-order valence-electron chi connectivity index (χ3n) is 2.31. The summed E-state index contributed by atoms with van der Waals surface area (Å²) in [7, 11) is 1.63. The number of nitrogens with one attached hydrogen (secondary N) is 1. The van der Waals surface area contributed by atoms with E-state index in [0.29, 0.717) is 31.9 Å². The largest absolute Gasteiger partial charge is 0.508 e. The Kier molecular flexibility index (Phi) is 6.83. The quantitative estimate of drug-likeness (QED) is 0.683. The predicted octanol–water partition coefficient (Wildman–Crippen LogP) is 1.18. The fourth-order valence-corrected chi connectivity index (χ4v) is 1.34. The van der Waals surface area contributed by atoms with E-state index < -0.39 is 0 Å². The van der Waals surface area contributed by atoms with Crippen LogP contribution in [0.1, 0.15) is 16.8 Å². The van der Waals surface area contributed by atoms with Crippen LogP contribution in [-0.2, 0) is 9.47 Å². The minimum Gasteiger partial charge on any atom is -0.508 e. The van der Waals surface area contributed by atoms with Crippen LogP contribution in [-0.4, -0.2) is 44.5 Å². The summed E-state index contributed by atoms with van der Waals surface area (Å²) in [5.41, 5.74) is 0.535. The second-order valence-electron chi connectivity index (χ2n) is 3.76. The maximum Gasteiger partial charge on any atom is 0.251 e. The van der Waals surface area contributed by atoms with Crippen LogP contribution in [0.4, 0.5) is 0 Å². The van der Waals surface area contributed by atoms with Gasteiger partial charge in [-0.1, -0.05) is 0 Å². The molecule has 5 heteroatoms. The number of aromatic hydroxyl groups is 1. The molecule has 1 aromatic rings. The van der Waals surface area contributed by atoms with Gasteiger partial charge in [0.2, 0.25) is 0 Å². The lowest BCUT2D eigenvalue weighted by atomic mass is 10.2. The van der Waals surface area contributed by atoms with Crippen LogP contribution < -0.4 is 5.32 Å². The maximum absolute atomic E-state index is 11.6. The van der Waals surface area contributed by atoms with Crippen molar-refractivity contribution in [3.63, 3.8) is 0 Å². The first-order valence-electron chi connectivity index (χ1n) is 5.88. The molecule has 0 radical (unpaired) electrons. The number of amides is 1. The number of methoxy groups -OCH3 is 1. The van der Waals surface area contributed by atoms with E-state index in [1.807, 2.05) is 0 Å². The normalized spacial score (nSPS) is 10.3. The number of phenols is 1.